The van der Waals surface area contributed by atoms with Crippen LogP contribution < -0.4 is 4.74 Å². The van der Waals surface area contributed by atoms with Gasteiger partial charge in [0.2, 0.25) is 5.88 Å². The summed E-state index contributed by atoms with van der Waals surface area (Å²) in [4.78, 5) is 15.6. The maximum absolute atomic E-state index is 11.4. The van der Waals surface area contributed by atoms with Gasteiger partial charge in [-0.3, -0.25) is 4.57 Å². The molecule has 1 aromatic heterocycles. The van der Waals surface area contributed by atoms with Gasteiger partial charge in [0.15, 0.2) is 0 Å². The van der Waals surface area contributed by atoms with Crippen molar-refractivity contribution in [1.82, 2.24) is 9.55 Å². The second-order valence-corrected chi connectivity index (χ2v) is 4.92. The molecule has 3 rings (SSSR count). The van der Waals surface area contributed by atoms with Crippen LogP contribution >= 0.6 is 0 Å². The average molecular weight is 308 g/mol. The van der Waals surface area contributed by atoms with Gasteiger partial charge in [-0.15, -0.1) is 0 Å². The van der Waals surface area contributed by atoms with Crippen LogP contribution in [0.1, 0.15) is 17.2 Å². The van der Waals surface area contributed by atoms with Crippen molar-refractivity contribution in [2.24, 2.45) is 0 Å². The number of carbonyl (C=O) groups is 1. The van der Waals surface area contributed by atoms with Crippen molar-refractivity contribution in [2.75, 3.05) is 7.11 Å². The lowest BCUT2D eigenvalue weighted by molar-refractivity contribution is 0.118. The van der Waals surface area contributed by atoms with E-state index >= 15 is 0 Å². The first-order chi connectivity index (χ1) is 11.3. The van der Waals surface area contributed by atoms with E-state index in [-0.39, 0.29) is 6.04 Å². The Bertz CT molecular complexity index is 730. The first-order valence-electron chi connectivity index (χ1n) is 7.17. The van der Waals surface area contributed by atoms with E-state index in [1.54, 1.807) is 6.33 Å². The number of hydrogen-bond acceptors (Lipinski definition) is 4. The van der Waals surface area contributed by atoms with Gasteiger partial charge in [-0.1, -0.05) is 60.7 Å². The SMILES string of the molecule is COC(=O)Oc1cncn1C(c1ccccc1)c1ccccc1. The monoisotopic (exact) mass is 308 g/mol. The van der Waals surface area contributed by atoms with Crippen LogP contribution in [0.25, 0.3) is 0 Å². The predicted molar refractivity (Wildman–Crippen MR) is 85.4 cm³/mol. The molecule has 0 saturated heterocycles. The summed E-state index contributed by atoms with van der Waals surface area (Å²) in [5.41, 5.74) is 2.12. The lowest BCUT2D eigenvalue weighted by atomic mass is 9.98. The highest BCUT2D eigenvalue weighted by atomic mass is 16.7. The van der Waals surface area contributed by atoms with Crippen LogP contribution in [0.2, 0.25) is 0 Å². The molecule has 3 aromatic rings. The predicted octanol–water partition coefficient (Wildman–Crippen LogP) is 3.67. The third-order valence-electron chi connectivity index (χ3n) is 3.49. The highest BCUT2D eigenvalue weighted by molar-refractivity contribution is 5.62. The van der Waals surface area contributed by atoms with E-state index < -0.39 is 6.16 Å². The molecule has 0 amide bonds. The van der Waals surface area contributed by atoms with Crippen molar-refractivity contribution in [3.63, 3.8) is 0 Å². The van der Waals surface area contributed by atoms with E-state index in [4.69, 9.17) is 4.74 Å². The molecule has 2 aromatic carbocycles. The number of aromatic nitrogens is 2. The van der Waals surface area contributed by atoms with Gasteiger partial charge in [0.05, 0.1) is 25.7 Å². The van der Waals surface area contributed by atoms with Crippen LogP contribution in [-0.2, 0) is 4.74 Å². The minimum Gasteiger partial charge on any atom is -0.437 e. The van der Waals surface area contributed by atoms with Crippen LogP contribution in [0, 0.1) is 0 Å². The first kappa shape index (κ1) is 14.8. The number of methoxy groups -OCH3 is 1. The first-order valence-corrected chi connectivity index (χ1v) is 7.17. The number of imidazole rings is 1. The molecule has 0 unspecified atom stereocenters. The Labute approximate surface area is 134 Å². The molecule has 0 aliphatic carbocycles. The molecule has 0 spiro atoms. The van der Waals surface area contributed by atoms with Gasteiger partial charge in [0.25, 0.3) is 0 Å². The Kier molecular flexibility index (Phi) is 4.38. The molecule has 23 heavy (non-hydrogen) atoms. The van der Waals surface area contributed by atoms with Gasteiger partial charge in [0, 0.05) is 0 Å². The highest BCUT2D eigenvalue weighted by Gasteiger charge is 2.20. The molecule has 0 atom stereocenters. The summed E-state index contributed by atoms with van der Waals surface area (Å²) in [7, 11) is 1.27. The quantitative estimate of drug-likeness (QED) is 0.690. The Balaban J connectivity index is 2.07. The zero-order valence-corrected chi connectivity index (χ0v) is 12.6. The highest BCUT2D eigenvalue weighted by Crippen LogP contribution is 2.30. The number of nitrogens with zero attached hydrogens (tertiary/aromatic N) is 2. The Morgan fingerprint density at radius 3 is 2.09 bits per heavy atom. The maximum Gasteiger partial charge on any atom is 0.514 e. The van der Waals surface area contributed by atoms with Crippen LogP contribution in [0.3, 0.4) is 0 Å². The third kappa shape index (κ3) is 3.23. The number of hydrogen-bond donors (Lipinski definition) is 0. The van der Waals surface area contributed by atoms with E-state index in [9.17, 15) is 4.79 Å². The van der Waals surface area contributed by atoms with Gasteiger partial charge in [-0.2, -0.15) is 0 Å². The fourth-order valence-corrected chi connectivity index (χ4v) is 2.48. The van der Waals surface area contributed by atoms with Gasteiger partial charge in [-0.25, -0.2) is 9.78 Å². The Morgan fingerprint density at radius 2 is 1.57 bits per heavy atom. The lowest BCUT2D eigenvalue weighted by Crippen LogP contribution is -2.16. The van der Waals surface area contributed by atoms with Crippen LogP contribution in [-0.4, -0.2) is 22.8 Å². The summed E-state index contributed by atoms with van der Waals surface area (Å²) in [6, 6.07) is 19.8. The maximum atomic E-state index is 11.4. The molecule has 0 saturated carbocycles. The number of rotatable bonds is 4. The number of ether oxygens (including phenoxy) is 2. The molecule has 0 aliphatic rings. The summed E-state index contributed by atoms with van der Waals surface area (Å²) < 4.78 is 11.6. The zero-order chi connectivity index (χ0) is 16.1. The molecule has 0 fully saturated rings. The van der Waals surface area contributed by atoms with E-state index in [1.807, 2.05) is 65.2 Å². The van der Waals surface area contributed by atoms with Crippen molar-refractivity contribution in [3.05, 3.63) is 84.3 Å². The molecule has 0 N–H and O–H groups in total. The van der Waals surface area contributed by atoms with Crippen LogP contribution in [0.5, 0.6) is 5.88 Å². The average Bonchev–Trinajstić information content (AvgIpc) is 3.05. The van der Waals surface area contributed by atoms with Crippen LogP contribution in [0.15, 0.2) is 73.2 Å². The smallest absolute Gasteiger partial charge is 0.437 e. The van der Waals surface area contributed by atoms with E-state index in [0.717, 1.165) is 11.1 Å². The third-order valence-corrected chi connectivity index (χ3v) is 3.49. The van der Waals surface area contributed by atoms with Crippen molar-refractivity contribution in [1.29, 1.82) is 0 Å². The van der Waals surface area contributed by atoms with Crippen molar-refractivity contribution >= 4 is 6.16 Å². The normalized spacial score (nSPS) is 10.5. The second-order valence-electron chi connectivity index (χ2n) is 4.92. The van der Waals surface area contributed by atoms with Crippen molar-refractivity contribution < 1.29 is 14.3 Å². The lowest BCUT2D eigenvalue weighted by Gasteiger charge is -2.21. The molecule has 116 valence electrons. The van der Waals surface area contributed by atoms with Crippen molar-refractivity contribution in [2.45, 2.75) is 6.04 Å². The molecular formula is C18H16N2O3. The summed E-state index contributed by atoms with van der Waals surface area (Å²) in [6.07, 6.45) is 2.37. The van der Waals surface area contributed by atoms with Gasteiger partial charge < -0.3 is 9.47 Å². The minimum atomic E-state index is -0.772. The standard InChI is InChI=1S/C18H16N2O3/c1-22-18(21)23-16-12-19-13-20(16)17(14-8-4-2-5-9-14)15-10-6-3-7-11-15/h2-13,17H,1H3. The fraction of sp³-hybridized carbons (Fsp3) is 0.111. The number of benzene rings is 2. The topological polar surface area (TPSA) is 53.4 Å². The summed E-state index contributed by atoms with van der Waals surface area (Å²) in [5, 5.41) is 0. The zero-order valence-electron chi connectivity index (χ0n) is 12.6. The molecule has 0 bridgehead atoms. The summed E-state index contributed by atoms with van der Waals surface area (Å²) >= 11 is 0. The molecule has 0 aliphatic heterocycles. The molecule has 1 heterocycles. The second kappa shape index (κ2) is 6.79. The molecule has 0 radical (unpaired) electrons. The van der Waals surface area contributed by atoms with E-state index in [1.165, 1.54) is 13.3 Å². The Morgan fingerprint density at radius 1 is 1.00 bits per heavy atom. The van der Waals surface area contributed by atoms with E-state index in [0.29, 0.717) is 5.88 Å². The van der Waals surface area contributed by atoms with Gasteiger partial charge in [-0.05, 0) is 11.1 Å². The number of carbonyl (C=O) groups excluding carboxylic acids is 1. The summed E-state index contributed by atoms with van der Waals surface area (Å²) in [6.45, 7) is 0. The summed E-state index contributed by atoms with van der Waals surface area (Å²) in [5.74, 6) is 0.328. The largest absolute Gasteiger partial charge is 0.514 e. The molecule has 5 heteroatoms. The fourth-order valence-electron chi connectivity index (χ4n) is 2.48. The molecule has 5 nitrogen and oxygen atoms in total. The van der Waals surface area contributed by atoms with Gasteiger partial charge in [0.1, 0.15) is 0 Å². The van der Waals surface area contributed by atoms with Crippen molar-refractivity contribution in [3.8, 4) is 5.88 Å². The van der Waals surface area contributed by atoms with Crippen LogP contribution in [0.4, 0.5) is 4.79 Å². The van der Waals surface area contributed by atoms with Gasteiger partial charge >= 0.3 is 6.16 Å². The Hall–Kier alpha value is -3.08. The molecular weight excluding hydrogens is 292 g/mol. The minimum absolute atomic E-state index is 0.153. The van der Waals surface area contributed by atoms with E-state index in [2.05, 4.69) is 9.72 Å².